The van der Waals surface area contributed by atoms with Gasteiger partial charge in [0, 0.05) is 18.8 Å². The molecular weight excluding hydrogens is 434 g/mol. The van der Waals surface area contributed by atoms with Gasteiger partial charge in [-0.05, 0) is 43.0 Å². The first-order chi connectivity index (χ1) is 16.1. The van der Waals surface area contributed by atoms with Crippen LogP contribution in [-0.2, 0) is 28.7 Å². The molecule has 0 heterocycles. The summed E-state index contributed by atoms with van der Waals surface area (Å²) < 4.78 is 10.6. The van der Waals surface area contributed by atoms with E-state index in [1.807, 2.05) is 36.4 Å². The highest BCUT2D eigenvalue weighted by atomic mass is 16.6. The van der Waals surface area contributed by atoms with Gasteiger partial charge in [-0.3, -0.25) is 19.2 Å². The number of carbonyl (C=O) groups is 4. The van der Waals surface area contributed by atoms with Crippen LogP contribution in [0.2, 0.25) is 0 Å². The van der Waals surface area contributed by atoms with E-state index in [4.69, 9.17) is 9.47 Å². The maximum Gasteiger partial charge on any atom is 0.306 e. The molecule has 0 saturated carbocycles. The first kappa shape index (κ1) is 25.1. The van der Waals surface area contributed by atoms with Crippen LogP contribution in [-0.4, -0.2) is 42.4 Å². The second kappa shape index (κ2) is 11.1. The van der Waals surface area contributed by atoms with Crippen LogP contribution < -0.4 is 5.32 Å². The Kier molecular flexibility index (Phi) is 8.21. The molecule has 0 aliphatic heterocycles. The molecule has 2 aromatic rings. The first-order valence-electron chi connectivity index (χ1n) is 11.5. The third-order valence-corrected chi connectivity index (χ3v) is 5.44. The van der Waals surface area contributed by atoms with Gasteiger partial charge < -0.3 is 14.8 Å². The zero-order valence-electron chi connectivity index (χ0n) is 19.9. The second-order valence-corrected chi connectivity index (χ2v) is 9.31. The number of ether oxygens (including phenoxy) is 2. The molecule has 7 nitrogen and oxygen atoms in total. The van der Waals surface area contributed by atoms with Crippen LogP contribution in [0.3, 0.4) is 0 Å². The number of nitrogens with one attached hydrogen (secondary N) is 1. The predicted octanol–water partition coefficient (Wildman–Crippen LogP) is 3.93. The quantitative estimate of drug-likeness (QED) is 0.534. The molecule has 1 N–H and O–H groups in total. The number of fused-ring (bicyclic) bond motifs is 3. The lowest BCUT2D eigenvalue weighted by molar-refractivity contribution is -0.155. The zero-order valence-corrected chi connectivity index (χ0v) is 19.9. The number of ketones is 1. The summed E-state index contributed by atoms with van der Waals surface area (Å²) in [5, 5.41) is 2.47. The molecule has 0 spiro atoms. The van der Waals surface area contributed by atoms with Crippen molar-refractivity contribution in [3.05, 3.63) is 59.7 Å². The van der Waals surface area contributed by atoms with E-state index < -0.39 is 23.4 Å². The Morgan fingerprint density at radius 3 is 1.94 bits per heavy atom. The van der Waals surface area contributed by atoms with Crippen molar-refractivity contribution in [1.82, 2.24) is 5.32 Å². The van der Waals surface area contributed by atoms with E-state index in [-0.39, 0.29) is 50.5 Å². The molecule has 34 heavy (non-hydrogen) atoms. The van der Waals surface area contributed by atoms with E-state index in [9.17, 15) is 19.2 Å². The summed E-state index contributed by atoms with van der Waals surface area (Å²) in [4.78, 5) is 47.8. The van der Waals surface area contributed by atoms with Gasteiger partial charge in [-0.2, -0.15) is 0 Å². The summed E-state index contributed by atoms with van der Waals surface area (Å²) in [5.41, 5.74) is 3.94. The van der Waals surface area contributed by atoms with E-state index in [1.54, 1.807) is 20.8 Å². The lowest BCUT2D eigenvalue weighted by Gasteiger charge is -2.19. The van der Waals surface area contributed by atoms with Crippen molar-refractivity contribution in [2.24, 2.45) is 0 Å². The molecule has 0 radical (unpaired) electrons. The van der Waals surface area contributed by atoms with Crippen molar-refractivity contribution < 1.29 is 28.7 Å². The Morgan fingerprint density at radius 1 is 0.794 bits per heavy atom. The van der Waals surface area contributed by atoms with Gasteiger partial charge >= 0.3 is 11.9 Å². The molecule has 0 unspecified atom stereocenters. The number of esters is 2. The van der Waals surface area contributed by atoms with E-state index in [0.29, 0.717) is 0 Å². The maximum absolute atomic E-state index is 12.2. The molecule has 3 rings (SSSR count). The molecule has 1 amide bonds. The summed E-state index contributed by atoms with van der Waals surface area (Å²) in [6, 6.07) is 16.1. The number of rotatable bonds is 10. The molecule has 1 aliphatic rings. The van der Waals surface area contributed by atoms with Crippen molar-refractivity contribution >= 4 is 23.6 Å². The van der Waals surface area contributed by atoms with Crippen molar-refractivity contribution in [1.29, 1.82) is 0 Å². The van der Waals surface area contributed by atoms with Gasteiger partial charge in [-0.15, -0.1) is 0 Å². The minimum absolute atomic E-state index is 0.0248. The van der Waals surface area contributed by atoms with Crippen LogP contribution in [0.25, 0.3) is 11.1 Å². The number of carbonyl (C=O) groups excluding carboxylic acids is 4. The predicted molar refractivity (Wildman–Crippen MR) is 127 cm³/mol. The molecular formula is C27H31NO6. The largest absolute Gasteiger partial charge is 0.465 e. The summed E-state index contributed by atoms with van der Waals surface area (Å²) in [6.45, 7) is 5.27. The minimum Gasteiger partial charge on any atom is -0.465 e. The molecule has 1 aliphatic carbocycles. The number of Topliss-reactive ketones (excluding diaryl/α,β-unsaturated/α-hetero) is 1. The van der Waals surface area contributed by atoms with Crippen molar-refractivity contribution in [3.8, 4) is 11.1 Å². The van der Waals surface area contributed by atoms with Crippen LogP contribution in [0.4, 0.5) is 0 Å². The smallest absolute Gasteiger partial charge is 0.306 e. The van der Waals surface area contributed by atoms with Gasteiger partial charge in [-0.25, -0.2) is 0 Å². The van der Waals surface area contributed by atoms with Gasteiger partial charge in [0.2, 0.25) is 5.91 Å². The van der Waals surface area contributed by atoms with E-state index in [2.05, 4.69) is 17.4 Å². The van der Waals surface area contributed by atoms with Crippen LogP contribution in [0.1, 0.15) is 63.5 Å². The highest BCUT2D eigenvalue weighted by Gasteiger charge is 2.29. The summed E-state index contributed by atoms with van der Waals surface area (Å²) in [7, 11) is 0. The highest BCUT2D eigenvalue weighted by Crippen LogP contribution is 2.44. The van der Waals surface area contributed by atoms with Crippen molar-refractivity contribution in [3.63, 3.8) is 0 Å². The fraction of sp³-hybridized carbons (Fsp3) is 0.407. The van der Waals surface area contributed by atoms with E-state index in [1.165, 1.54) is 0 Å². The van der Waals surface area contributed by atoms with E-state index >= 15 is 0 Å². The maximum atomic E-state index is 12.2. The standard InChI is InChI=1S/C27H31NO6/c1-27(2,3)34-26(32)15-13-24(30)28-16-18(29)12-14-25(31)33-17-23-21-10-6-4-8-19(21)20-9-5-7-11-22(20)23/h4-11,23H,12-17H2,1-3H3,(H,28,30). The van der Waals surface area contributed by atoms with Crippen LogP contribution in [0, 0.1) is 0 Å². The van der Waals surface area contributed by atoms with Crippen molar-refractivity contribution in [2.45, 2.75) is 58.0 Å². The molecule has 2 aromatic carbocycles. The lowest BCUT2D eigenvalue weighted by atomic mass is 9.98. The SMILES string of the molecule is CC(C)(C)OC(=O)CCC(=O)NCC(=O)CCC(=O)OCC1c2ccccc2-c2ccccc21. The topological polar surface area (TPSA) is 98.8 Å². The molecule has 0 atom stereocenters. The molecule has 0 fully saturated rings. The molecule has 180 valence electrons. The van der Waals surface area contributed by atoms with Gasteiger partial charge in [0.25, 0.3) is 0 Å². The summed E-state index contributed by atoms with van der Waals surface area (Å²) in [6.07, 6.45) is -0.197. The monoisotopic (exact) mass is 465 g/mol. The first-order valence-corrected chi connectivity index (χ1v) is 11.5. The number of amides is 1. The van der Waals surface area contributed by atoms with Gasteiger partial charge in [0.1, 0.15) is 12.2 Å². The summed E-state index contributed by atoms with van der Waals surface area (Å²) in [5.74, 6) is -1.65. The van der Waals surface area contributed by atoms with Crippen LogP contribution in [0.5, 0.6) is 0 Å². The zero-order chi connectivity index (χ0) is 24.7. The average molecular weight is 466 g/mol. The molecule has 0 saturated heterocycles. The third-order valence-electron chi connectivity index (χ3n) is 5.44. The highest BCUT2D eigenvalue weighted by molar-refractivity contribution is 5.89. The van der Waals surface area contributed by atoms with E-state index in [0.717, 1.165) is 22.3 Å². The van der Waals surface area contributed by atoms with Gasteiger partial charge in [-0.1, -0.05) is 48.5 Å². The molecule has 0 bridgehead atoms. The Morgan fingerprint density at radius 2 is 1.35 bits per heavy atom. The third kappa shape index (κ3) is 7.01. The number of hydrogen-bond donors (Lipinski definition) is 1. The normalized spacial score (nSPS) is 12.4. The van der Waals surface area contributed by atoms with Gasteiger partial charge in [0.05, 0.1) is 19.4 Å². The van der Waals surface area contributed by atoms with Crippen molar-refractivity contribution in [2.75, 3.05) is 13.2 Å². The fourth-order valence-corrected chi connectivity index (χ4v) is 3.91. The number of benzene rings is 2. The Balaban J connectivity index is 1.37. The Labute approximate surface area is 199 Å². The fourth-order valence-electron chi connectivity index (χ4n) is 3.91. The minimum atomic E-state index is -0.608. The number of hydrogen-bond acceptors (Lipinski definition) is 6. The average Bonchev–Trinajstić information content (AvgIpc) is 3.11. The van der Waals surface area contributed by atoms with Crippen LogP contribution >= 0.6 is 0 Å². The summed E-state index contributed by atoms with van der Waals surface area (Å²) >= 11 is 0. The Hall–Kier alpha value is -3.48. The lowest BCUT2D eigenvalue weighted by Crippen LogP contribution is -2.31. The van der Waals surface area contributed by atoms with Crippen LogP contribution in [0.15, 0.2) is 48.5 Å². The molecule has 7 heteroatoms. The second-order valence-electron chi connectivity index (χ2n) is 9.31. The molecule has 0 aromatic heterocycles. The Bertz CT molecular complexity index is 1020. The van der Waals surface area contributed by atoms with Gasteiger partial charge in [0.15, 0.2) is 5.78 Å².